The first kappa shape index (κ1) is 19.1. The van der Waals surface area contributed by atoms with Crippen LogP contribution in [0.2, 0.25) is 0 Å². The molecule has 26 heavy (non-hydrogen) atoms. The van der Waals surface area contributed by atoms with E-state index in [2.05, 4.69) is 17.2 Å². The second-order valence-corrected chi connectivity index (χ2v) is 6.97. The summed E-state index contributed by atoms with van der Waals surface area (Å²) in [6.07, 6.45) is 4.10. The lowest BCUT2D eigenvalue weighted by Gasteiger charge is -2.24. The molecule has 0 radical (unpaired) electrons. The fourth-order valence-corrected chi connectivity index (χ4v) is 3.67. The molecule has 3 aliphatic rings. The molecule has 5 atom stereocenters. The van der Waals surface area contributed by atoms with Crippen molar-refractivity contribution >= 4 is 17.8 Å². The molecular weight excluding hydrogens is 345 g/mol. The SMILES string of the molecule is CCCCCCCC(=O)NC1=NC(=O)[N+]2(C=C1)[C@@H]1O[C@H](CO)C(O)C12F. The lowest BCUT2D eigenvalue weighted by Crippen LogP contribution is -2.49. The Kier molecular flexibility index (Phi) is 5.25. The second kappa shape index (κ2) is 7.15. The molecule has 0 aromatic carbocycles. The van der Waals surface area contributed by atoms with E-state index in [4.69, 9.17) is 9.84 Å². The highest BCUT2D eigenvalue weighted by Crippen LogP contribution is 2.62. The van der Waals surface area contributed by atoms with E-state index in [1.165, 1.54) is 12.3 Å². The van der Waals surface area contributed by atoms with Crippen LogP contribution in [0, 0.1) is 0 Å². The number of aliphatic hydroxyl groups excluding tert-OH is 2. The molecule has 1 spiro atoms. The Morgan fingerprint density at radius 1 is 1.42 bits per heavy atom. The van der Waals surface area contributed by atoms with Crippen LogP contribution in [0.1, 0.15) is 45.4 Å². The van der Waals surface area contributed by atoms with Crippen LogP contribution in [0.4, 0.5) is 9.18 Å². The zero-order valence-corrected chi connectivity index (χ0v) is 14.7. The van der Waals surface area contributed by atoms with Crippen molar-refractivity contribution in [1.82, 2.24) is 5.32 Å². The zero-order valence-electron chi connectivity index (χ0n) is 14.7. The van der Waals surface area contributed by atoms with E-state index in [-0.39, 0.29) is 11.7 Å². The van der Waals surface area contributed by atoms with Crippen LogP contribution in [0.3, 0.4) is 0 Å². The van der Waals surface area contributed by atoms with E-state index >= 15 is 4.39 Å². The molecule has 144 valence electrons. The summed E-state index contributed by atoms with van der Waals surface area (Å²) in [7, 11) is 0. The number of nitrogens with one attached hydrogen (secondary N) is 1. The minimum Gasteiger partial charge on any atom is -0.394 e. The van der Waals surface area contributed by atoms with E-state index in [1.807, 2.05) is 0 Å². The van der Waals surface area contributed by atoms with Gasteiger partial charge in [0.2, 0.25) is 5.91 Å². The molecule has 2 fully saturated rings. The minimum atomic E-state index is -2.35. The van der Waals surface area contributed by atoms with Gasteiger partial charge in [0, 0.05) is 12.5 Å². The first-order valence-corrected chi connectivity index (χ1v) is 9.06. The second-order valence-electron chi connectivity index (χ2n) is 6.97. The maximum atomic E-state index is 15.0. The number of hydrogen-bond donors (Lipinski definition) is 3. The highest BCUT2D eigenvalue weighted by molar-refractivity contribution is 6.08. The zero-order chi connectivity index (χ0) is 18.9. The lowest BCUT2D eigenvalue weighted by atomic mass is 10.1. The average molecular weight is 370 g/mol. The first-order valence-electron chi connectivity index (χ1n) is 9.06. The predicted molar refractivity (Wildman–Crippen MR) is 89.3 cm³/mol. The Hall–Kier alpha value is -1.68. The number of halogens is 1. The van der Waals surface area contributed by atoms with Gasteiger partial charge < -0.3 is 20.3 Å². The van der Waals surface area contributed by atoms with Gasteiger partial charge in [0.25, 0.3) is 0 Å². The molecule has 3 unspecified atom stereocenters. The van der Waals surface area contributed by atoms with Crippen molar-refractivity contribution in [2.24, 2.45) is 4.99 Å². The number of fused-ring (bicyclic) bond motifs is 3. The van der Waals surface area contributed by atoms with E-state index < -0.39 is 41.3 Å². The van der Waals surface area contributed by atoms with Gasteiger partial charge in [-0.2, -0.15) is 4.39 Å². The maximum absolute atomic E-state index is 15.0. The number of quaternary nitrogens is 1. The molecule has 0 aliphatic carbocycles. The average Bonchev–Trinajstić information content (AvgIpc) is 3.01. The number of urea groups is 1. The third-order valence-electron chi connectivity index (χ3n) is 5.24. The molecule has 9 heteroatoms. The Morgan fingerprint density at radius 3 is 2.73 bits per heavy atom. The maximum Gasteiger partial charge on any atom is 0.454 e. The van der Waals surface area contributed by atoms with Crippen molar-refractivity contribution in [3.8, 4) is 0 Å². The number of carbonyl (C=O) groups excluding carboxylic acids is 2. The highest BCUT2D eigenvalue weighted by atomic mass is 19.2. The number of alkyl halides is 1. The Balaban J connectivity index is 1.55. The van der Waals surface area contributed by atoms with Crippen molar-refractivity contribution in [1.29, 1.82) is 0 Å². The molecular formula is C17H25FN3O5+. The van der Waals surface area contributed by atoms with Gasteiger partial charge in [-0.05, 0) is 6.42 Å². The van der Waals surface area contributed by atoms with E-state index in [0.29, 0.717) is 6.42 Å². The fourth-order valence-electron chi connectivity index (χ4n) is 3.67. The monoisotopic (exact) mass is 370 g/mol. The van der Waals surface area contributed by atoms with Gasteiger partial charge in [-0.3, -0.25) is 4.79 Å². The summed E-state index contributed by atoms with van der Waals surface area (Å²) < 4.78 is 19.4. The molecule has 3 aliphatic heterocycles. The Morgan fingerprint density at radius 2 is 2.15 bits per heavy atom. The quantitative estimate of drug-likeness (QED) is 0.269. The summed E-state index contributed by atoms with van der Waals surface area (Å²) >= 11 is 0. The summed E-state index contributed by atoms with van der Waals surface area (Å²) in [6.45, 7) is 1.58. The van der Waals surface area contributed by atoms with Crippen LogP contribution < -0.4 is 5.32 Å². The van der Waals surface area contributed by atoms with Gasteiger partial charge in [-0.25, -0.2) is 4.79 Å². The van der Waals surface area contributed by atoms with E-state index in [9.17, 15) is 14.7 Å². The Labute approximate surface area is 150 Å². The molecule has 3 heterocycles. The highest BCUT2D eigenvalue weighted by Gasteiger charge is 2.95. The van der Waals surface area contributed by atoms with Crippen molar-refractivity contribution < 1.29 is 33.4 Å². The van der Waals surface area contributed by atoms with Crippen LogP contribution >= 0.6 is 0 Å². The molecule has 0 saturated carbocycles. The molecule has 3 amide bonds. The molecule has 8 nitrogen and oxygen atoms in total. The smallest absolute Gasteiger partial charge is 0.394 e. The standard InChI is InChI=1S/C17H24FN3O5/c1-2-3-4-5-6-7-13(23)19-12-8-9-21(16(25)20-12)15-17(21,18)14(24)11(10-22)26-15/h8-9,11,14-15,22,24H,2-7,10H2,1H3/p+1/t11-,14?,15-,17?,21?/m1/s1. The number of amides is 3. The summed E-state index contributed by atoms with van der Waals surface area (Å²) in [5, 5.41) is 21.6. The first-order chi connectivity index (χ1) is 12.4. The van der Waals surface area contributed by atoms with Crippen LogP contribution in [-0.2, 0) is 9.53 Å². The number of ether oxygens (including phenoxy) is 1. The molecule has 0 aromatic rings. The molecule has 3 N–H and O–H groups in total. The van der Waals surface area contributed by atoms with Crippen LogP contribution in [0.15, 0.2) is 17.3 Å². The molecule has 0 aromatic heterocycles. The van der Waals surface area contributed by atoms with E-state index in [0.717, 1.165) is 32.1 Å². The molecule has 2 saturated heterocycles. The molecule has 0 bridgehead atoms. The molecule has 3 rings (SSSR count). The van der Waals surface area contributed by atoms with Crippen molar-refractivity contribution in [3.05, 3.63) is 12.3 Å². The van der Waals surface area contributed by atoms with Gasteiger partial charge in [-0.1, -0.05) is 32.6 Å². The Bertz CT molecular complexity index is 654. The van der Waals surface area contributed by atoms with E-state index in [1.54, 1.807) is 0 Å². The van der Waals surface area contributed by atoms with Crippen LogP contribution in [0.25, 0.3) is 0 Å². The van der Waals surface area contributed by atoms with Crippen molar-refractivity contribution in [2.75, 3.05) is 6.61 Å². The number of nitrogens with zero attached hydrogens (tertiary/aromatic N) is 2. The number of aliphatic hydroxyl groups is 2. The van der Waals surface area contributed by atoms with Gasteiger partial charge in [0.1, 0.15) is 18.1 Å². The van der Waals surface area contributed by atoms with Gasteiger partial charge in [0.05, 0.1) is 6.61 Å². The largest absolute Gasteiger partial charge is 0.454 e. The van der Waals surface area contributed by atoms with Crippen LogP contribution in [0.5, 0.6) is 0 Å². The number of hydrogen-bond acceptors (Lipinski definition) is 5. The number of amidine groups is 1. The topological polar surface area (TPSA) is 108 Å². The fraction of sp³-hybridized carbons (Fsp3) is 0.706. The summed E-state index contributed by atoms with van der Waals surface area (Å²) in [5.41, 5.74) is 0. The van der Waals surface area contributed by atoms with Gasteiger partial charge >= 0.3 is 18.1 Å². The summed E-state index contributed by atoms with van der Waals surface area (Å²) in [4.78, 5) is 28.0. The number of rotatable bonds is 7. The van der Waals surface area contributed by atoms with Crippen molar-refractivity contribution in [2.45, 2.75) is 69.7 Å². The minimum absolute atomic E-state index is 0.0547. The lowest BCUT2D eigenvalue weighted by molar-refractivity contribution is -0.743. The van der Waals surface area contributed by atoms with Gasteiger partial charge in [-0.15, -0.1) is 9.48 Å². The normalized spacial score (nSPS) is 37.6. The van der Waals surface area contributed by atoms with Crippen LogP contribution in [-0.4, -0.2) is 63.3 Å². The number of aliphatic imine (C=N–C) groups is 1. The summed E-state index contributed by atoms with van der Waals surface area (Å²) in [6, 6.07) is -0.853. The predicted octanol–water partition coefficient (Wildman–Crippen LogP) is 1.08. The number of unbranched alkanes of at least 4 members (excludes halogenated alkanes) is 4. The number of carbonyl (C=O) groups is 2. The summed E-state index contributed by atoms with van der Waals surface area (Å²) in [5.74, 6) is -2.54. The van der Waals surface area contributed by atoms with Gasteiger partial charge in [0.15, 0.2) is 6.10 Å². The third kappa shape index (κ3) is 2.79. The van der Waals surface area contributed by atoms with Crippen molar-refractivity contribution in [3.63, 3.8) is 0 Å². The third-order valence-corrected chi connectivity index (χ3v) is 5.24.